The summed E-state index contributed by atoms with van der Waals surface area (Å²) in [6, 6.07) is 3.19. The Bertz CT molecular complexity index is 529. The van der Waals surface area contributed by atoms with Gasteiger partial charge in [-0.15, -0.1) is 0 Å². The predicted molar refractivity (Wildman–Crippen MR) is 82.2 cm³/mol. The highest BCUT2D eigenvalue weighted by Crippen LogP contribution is 2.16. The van der Waals surface area contributed by atoms with Crippen LogP contribution in [0.5, 0.6) is 0 Å². The molecule has 0 aliphatic rings. The SMILES string of the molecule is COC(=O)CCN(CCCNC(C)=O)C(=O)c1ccc(Br)o1. The van der Waals surface area contributed by atoms with Crippen LogP contribution < -0.4 is 5.32 Å². The number of furan rings is 1. The van der Waals surface area contributed by atoms with Gasteiger partial charge in [0.15, 0.2) is 10.4 Å². The molecule has 2 amide bonds. The maximum Gasteiger partial charge on any atom is 0.307 e. The third-order valence-electron chi connectivity index (χ3n) is 2.86. The third-order valence-corrected chi connectivity index (χ3v) is 3.29. The summed E-state index contributed by atoms with van der Waals surface area (Å²) >= 11 is 3.14. The highest BCUT2D eigenvalue weighted by atomic mass is 79.9. The first-order valence-electron chi connectivity index (χ1n) is 6.80. The van der Waals surface area contributed by atoms with Gasteiger partial charge in [0.1, 0.15) is 0 Å². The van der Waals surface area contributed by atoms with Gasteiger partial charge in [0.05, 0.1) is 13.5 Å². The number of hydrogen-bond acceptors (Lipinski definition) is 5. The van der Waals surface area contributed by atoms with Crippen molar-refractivity contribution >= 4 is 33.7 Å². The van der Waals surface area contributed by atoms with Crippen molar-refractivity contribution in [1.29, 1.82) is 0 Å². The Morgan fingerprint density at radius 2 is 2.05 bits per heavy atom. The lowest BCUT2D eigenvalue weighted by Gasteiger charge is -2.21. The van der Waals surface area contributed by atoms with E-state index in [0.717, 1.165) is 0 Å². The average molecular weight is 375 g/mol. The minimum absolute atomic E-state index is 0.101. The van der Waals surface area contributed by atoms with Crippen molar-refractivity contribution < 1.29 is 23.5 Å². The number of ether oxygens (including phenoxy) is 1. The molecular weight excluding hydrogens is 356 g/mol. The summed E-state index contributed by atoms with van der Waals surface area (Å²) in [7, 11) is 1.30. The fourth-order valence-electron chi connectivity index (χ4n) is 1.76. The Labute approximate surface area is 137 Å². The van der Waals surface area contributed by atoms with Gasteiger partial charge in [-0.25, -0.2) is 0 Å². The van der Waals surface area contributed by atoms with Crippen molar-refractivity contribution in [2.75, 3.05) is 26.7 Å². The fourth-order valence-corrected chi connectivity index (χ4v) is 2.07. The van der Waals surface area contributed by atoms with Gasteiger partial charge in [-0.05, 0) is 34.5 Å². The molecule has 0 aliphatic carbocycles. The van der Waals surface area contributed by atoms with Crippen LogP contribution >= 0.6 is 15.9 Å². The normalized spacial score (nSPS) is 10.1. The quantitative estimate of drug-likeness (QED) is 0.551. The monoisotopic (exact) mass is 374 g/mol. The molecule has 8 heteroatoms. The topological polar surface area (TPSA) is 88.9 Å². The number of carbonyl (C=O) groups is 3. The summed E-state index contributed by atoms with van der Waals surface area (Å²) in [5.41, 5.74) is 0. The van der Waals surface area contributed by atoms with Crippen molar-refractivity contribution in [3.05, 3.63) is 22.6 Å². The first-order chi connectivity index (χ1) is 10.4. The van der Waals surface area contributed by atoms with Crippen LogP contribution in [0, 0.1) is 0 Å². The van der Waals surface area contributed by atoms with E-state index in [4.69, 9.17) is 4.42 Å². The molecule has 1 aromatic heterocycles. The summed E-state index contributed by atoms with van der Waals surface area (Å²) in [5.74, 6) is -0.628. The zero-order valence-electron chi connectivity index (χ0n) is 12.6. The number of nitrogens with zero attached hydrogens (tertiary/aromatic N) is 1. The van der Waals surface area contributed by atoms with Gasteiger partial charge in [-0.1, -0.05) is 0 Å². The van der Waals surface area contributed by atoms with E-state index in [0.29, 0.717) is 24.2 Å². The average Bonchev–Trinajstić information content (AvgIpc) is 2.91. The highest BCUT2D eigenvalue weighted by Gasteiger charge is 2.19. The van der Waals surface area contributed by atoms with Crippen LogP contribution in [0.1, 0.15) is 30.3 Å². The Hall–Kier alpha value is -1.83. The Morgan fingerprint density at radius 1 is 1.32 bits per heavy atom. The van der Waals surface area contributed by atoms with Crippen molar-refractivity contribution in [2.45, 2.75) is 19.8 Å². The van der Waals surface area contributed by atoms with Crippen LogP contribution in [-0.2, 0) is 14.3 Å². The van der Waals surface area contributed by atoms with Crippen LogP contribution in [0.4, 0.5) is 0 Å². The molecule has 0 saturated carbocycles. The zero-order chi connectivity index (χ0) is 16.5. The van der Waals surface area contributed by atoms with E-state index in [-0.39, 0.29) is 36.5 Å². The lowest BCUT2D eigenvalue weighted by molar-refractivity contribution is -0.140. The summed E-state index contributed by atoms with van der Waals surface area (Å²) in [6.07, 6.45) is 0.679. The molecule has 22 heavy (non-hydrogen) atoms. The van der Waals surface area contributed by atoms with Crippen LogP contribution in [0.15, 0.2) is 21.2 Å². The summed E-state index contributed by atoms with van der Waals surface area (Å²) in [4.78, 5) is 35.9. The first-order valence-corrected chi connectivity index (χ1v) is 7.59. The first kappa shape index (κ1) is 18.2. The molecule has 1 rings (SSSR count). The van der Waals surface area contributed by atoms with E-state index < -0.39 is 0 Å². The molecule has 0 aromatic carbocycles. The molecule has 0 unspecified atom stereocenters. The zero-order valence-corrected chi connectivity index (χ0v) is 14.1. The van der Waals surface area contributed by atoms with Crippen molar-refractivity contribution in [3.63, 3.8) is 0 Å². The number of nitrogens with one attached hydrogen (secondary N) is 1. The fraction of sp³-hybridized carbons (Fsp3) is 0.500. The molecule has 0 aliphatic heterocycles. The van der Waals surface area contributed by atoms with E-state index in [2.05, 4.69) is 26.0 Å². The predicted octanol–water partition coefficient (Wildman–Crippen LogP) is 1.57. The molecule has 0 atom stereocenters. The molecule has 0 fully saturated rings. The van der Waals surface area contributed by atoms with E-state index in [1.807, 2.05) is 0 Å². The minimum Gasteiger partial charge on any atom is -0.469 e. The standard InChI is InChI=1S/C14H19BrN2O5/c1-10(18)16-7-3-8-17(9-6-13(19)21-2)14(20)11-4-5-12(15)22-11/h4-5H,3,6-9H2,1-2H3,(H,16,18). The molecule has 1 N–H and O–H groups in total. The molecule has 0 bridgehead atoms. The van der Waals surface area contributed by atoms with Gasteiger partial charge in [-0.3, -0.25) is 14.4 Å². The van der Waals surface area contributed by atoms with Crippen molar-refractivity contribution in [3.8, 4) is 0 Å². The second-order valence-corrected chi connectivity index (χ2v) is 5.34. The minimum atomic E-state index is -0.389. The van der Waals surface area contributed by atoms with Crippen molar-refractivity contribution in [2.24, 2.45) is 0 Å². The van der Waals surface area contributed by atoms with Crippen LogP contribution in [0.2, 0.25) is 0 Å². The van der Waals surface area contributed by atoms with Gasteiger partial charge in [0.2, 0.25) is 5.91 Å². The number of hydrogen-bond donors (Lipinski definition) is 1. The van der Waals surface area contributed by atoms with Gasteiger partial charge in [0.25, 0.3) is 5.91 Å². The van der Waals surface area contributed by atoms with E-state index in [1.54, 1.807) is 12.1 Å². The molecule has 1 aromatic rings. The maximum atomic E-state index is 12.4. The summed E-state index contributed by atoms with van der Waals surface area (Å²) in [5, 5.41) is 2.66. The number of amides is 2. The third kappa shape index (κ3) is 6.30. The smallest absolute Gasteiger partial charge is 0.307 e. The van der Waals surface area contributed by atoms with Gasteiger partial charge < -0.3 is 19.4 Å². The van der Waals surface area contributed by atoms with Crippen LogP contribution in [-0.4, -0.2) is 49.4 Å². The number of methoxy groups -OCH3 is 1. The number of carbonyl (C=O) groups excluding carboxylic acids is 3. The van der Waals surface area contributed by atoms with Crippen molar-refractivity contribution in [1.82, 2.24) is 10.2 Å². The van der Waals surface area contributed by atoms with Gasteiger partial charge in [0, 0.05) is 26.6 Å². The molecule has 7 nitrogen and oxygen atoms in total. The Morgan fingerprint density at radius 3 is 2.59 bits per heavy atom. The Balaban J connectivity index is 2.61. The maximum absolute atomic E-state index is 12.4. The van der Waals surface area contributed by atoms with E-state index in [1.165, 1.54) is 18.9 Å². The highest BCUT2D eigenvalue weighted by molar-refractivity contribution is 9.10. The molecule has 0 saturated heterocycles. The van der Waals surface area contributed by atoms with Gasteiger partial charge >= 0.3 is 5.97 Å². The second kappa shape index (κ2) is 9.24. The van der Waals surface area contributed by atoms with E-state index >= 15 is 0 Å². The summed E-state index contributed by atoms with van der Waals surface area (Å²) in [6.45, 7) is 2.51. The van der Waals surface area contributed by atoms with Crippen LogP contribution in [0.3, 0.4) is 0 Å². The molecular formula is C14H19BrN2O5. The number of rotatable bonds is 8. The molecule has 122 valence electrons. The molecule has 0 radical (unpaired) electrons. The lowest BCUT2D eigenvalue weighted by Crippen LogP contribution is -2.35. The number of esters is 1. The lowest BCUT2D eigenvalue weighted by atomic mass is 10.3. The second-order valence-electron chi connectivity index (χ2n) is 4.56. The largest absolute Gasteiger partial charge is 0.469 e. The summed E-state index contributed by atoms with van der Waals surface area (Å²) < 4.78 is 10.3. The molecule has 0 spiro atoms. The van der Waals surface area contributed by atoms with Crippen LogP contribution in [0.25, 0.3) is 0 Å². The van der Waals surface area contributed by atoms with E-state index in [9.17, 15) is 14.4 Å². The van der Waals surface area contributed by atoms with Gasteiger partial charge in [-0.2, -0.15) is 0 Å². The number of halogens is 1. The Kier molecular flexibility index (Phi) is 7.65. The molecule has 1 heterocycles.